The van der Waals surface area contributed by atoms with Crippen LogP contribution >= 0.6 is 24.0 Å². The van der Waals surface area contributed by atoms with Gasteiger partial charge >= 0.3 is 6.03 Å². The number of rotatable bonds is 2. The van der Waals surface area contributed by atoms with Crippen LogP contribution in [0.15, 0.2) is 40.9 Å². The molecule has 2 heterocycles. The predicted molar refractivity (Wildman–Crippen MR) is 92.9 cm³/mol. The van der Waals surface area contributed by atoms with Crippen molar-refractivity contribution in [1.29, 1.82) is 0 Å². The molecule has 0 aromatic heterocycles. The number of hydrogen-bond acceptors (Lipinski definition) is 7. The average molecular weight is 375 g/mol. The Kier molecular flexibility index (Phi) is 4.38. The fourth-order valence-corrected chi connectivity index (χ4v) is 3.24. The number of barbiturate groups is 1. The molecule has 0 radical (unpaired) electrons. The molecule has 1 aromatic rings. The number of carbonyl (C=O) groups excluding carboxylic acids is 4. The summed E-state index contributed by atoms with van der Waals surface area (Å²) in [5.74, 6) is -2.23. The van der Waals surface area contributed by atoms with Gasteiger partial charge in [0.2, 0.25) is 0 Å². The number of aromatic hydroxyl groups is 1. The first kappa shape index (κ1) is 16.9. The highest BCUT2D eigenvalue weighted by Gasteiger charge is 2.35. The van der Waals surface area contributed by atoms with Crippen LogP contribution in [-0.4, -0.2) is 38.1 Å². The number of benzene rings is 1. The molecule has 2 aliphatic rings. The standard InChI is InChI=1S/C15H9N3O5S2/c19-8-3-1-7(2-4-8)5-10-13(22)18(15(24)25-10)6-9-11(20)16-14(23)17-12(9)21/h1-6,19H,(H2,16,17,20,21,23)/b10-5+. The van der Waals surface area contributed by atoms with E-state index in [1.54, 1.807) is 18.2 Å². The van der Waals surface area contributed by atoms with E-state index in [4.69, 9.17) is 12.2 Å². The van der Waals surface area contributed by atoms with Gasteiger partial charge in [0.1, 0.15) is 11.3 Å². The lowest BCUT2D eigenvalue weighted by atomic mass is 10.2. The number of amides is 5. The molecule has 2 saturated heterocycles. The van der Waals surface area contributed by atoms with E-state index < -0.39 is 29.3 Å². The molecular weight excluding hydrogens is 366 g/mol. The first-order chi connectivity index (χ1) is 11.8. The van der Waals surface area contributed by atoms with Gasteiger partial charge in [-0.1, -0.05) is 36.1 Å². The molecule has 1 aromatic carbocycles. The van der Waals surface area contributed by atoms with Gasteiger partial charge in [0.25, 0.3) is 17.7 Å². The van der Waals surface area contributed by atoms with Crippen molar-refractivity contribution in [1.82, 2.24) is 15.5 Å². The van der Waals surface area contributed by atoms with E-state index in [1.165, 1.54) is 12.1 Å². The Bertz CT molecular complexity index is 867. The molecule has 25 heavy (non-hydrogen) atoms. The molecule has 8 nitrogen and oxygen atoms in total. The third kappa shape index (κ3) is 3.44. The lowest BCUT2D eigenvalue weighted by molar-refractivity contribution is -0.124. The predicted octanol–water partition coefficient (Wildman–Crippen LogP) is 0.843. The number of thiocarbonyl (C=S) groups is 1. The van der Waals surface area contributed by atoms with Gasteiger partial charge in [-0.3, -0.25) is 29.9 Å². The van der Waals surface area contributed by atoms with Gasteiger partial charge in [0, 0.05) is 6.20 Å². The van der Waals surface area contributed by atoms with Crippen molar-refractivity contribution in [2.75, 3.05) is 0 Å². The first-order valence-electron chi connectivity index (χ1n) is 6.80. The molecule has 0 unspecified atom stereocenters. The summed E-state index contributed by atoms with van der Waals surface area (Å²) in [6.45, 7) is 0. The van der Waals surface area contributed by atoms with Crippen LogP contribution in [0.4, 0.5) is 4.79 Å². The van der Waals surface area contributed by atoms with Crippen molar-refractivity contribution in [2.45, 2.75) is 0 Å². The quantitative estimate of drug-likeness (QED) is 0.399. The van der Waals surface area contributed by atoms with Crippen molar-refractivity contribution in [3.05, 3.63) is 46.5 Å². The summed E-state index contributed by atoms with van der Waals surface area (Å²) < 4.78 is 0.139. The number of imide groups is 2. The summed E-state index contributed by atoms with van der Waals surface area (Å²) in [5, 5.41) is 13.1. The normalized spacial score (nSPS) is 19.4. The Morgan fingerprint density at radius 3 is 2.24 bits per heavy atom. The average Bonchev–Trinajstić information content (AvgIpc) is 2.80. The van der Waals surface area contributed by atoms with Crippen molar-refractivity contribution >= 4 is 58.1 Å². The zero-order valence-electron chi connectivity index (χ0n) is 12.3. The molecule has 2 aliphatic heterocycles. The molecule has 126 valence electrons. The van der Waals surface area contributed by atoms with Crippen molar-refractivity contribution < 1.29 is 24.3 Å². The van der Waals surface area contributed by atoms with E-state index in [0.29, 0.717) is 10.5 Å². The first-order valence-corrected chi connectivity index (χ1v) is 8.02. The topological polar surface area (TPSA) is 116 Å². The Morgan fingerprint density at radius 2 is 1.64 bits per heavy atom. The lowest BCUT2D eigenvalue weighted by Gasteiger charge is -2.16. The molecule has 3 rings (SSSR count). The van der Waals surface area contributed by atoms with Gasteiger partial charge in [-0.05, 0) is 23.8 Å². The fourth-order valence-electron chi connectivity index (χ4n) is 2.03. The molecule has 0 aliphatic carbocycles. The van der Waals surface area contributed by atoms with Gasteiger partial charge in [0.15, 0.2) is 4.32 Å². The molecule has 0 bridgehead atoms. The maximum atomic E-state index is 12.5. The Morgan fingerprint density at radius 1 is 1.04 bits per heavy atom. The van der Waals surface area contributed by atoms with Crippen molar-refractivity contribution in [2.24, 2.45) is 0 Å². The molecule has 2 fully saturated rings. The van der Waals surface area contributed by atoms with Crippen LogP contribution in [0, 0.1) is 0 Å². The maximum absolute atomic E-state index is 12.5. The highest BCUT2D eigenvalue weighted by molar-refractivity contribution is 8.26. The van der Waals surface area contributed by atoms with Gasteiger partial charge < -0.3 is 5.11 Å². The minimum atomic E-state index is -0.926. The molecule has 0 spiro atoms. The lowest BCUT2D eigenvalue weighted by Crippen LogP contribution is -2.52. The second kappa shape index (κ2) is 6.49. The van der Waals surface area contributed by atoms with Crippen LogP contribution in [0.3, 0.4) is 0 Å². The number of phenolic OH excluding ortho intramolecular Hbond substituents is 1. The van der Waals surface area contributed by atoms with Crippen LogP contribution in [0.1, 0.15) is 5.56 Å². The van der Waals surface area contributed by atoms with Crippen molar-refractivity contribution in [3.63, 3.8) is 0 Å². The van der Waals surface area contributed by atoms with E-state index >= 15 is 0 Å². The minimum Gasteiger partial charge on any atom is -0.508 e. The second-order valence-electron chi connectivity index (χ2n) is 4.92. The summed E-state index contributed by atoms with van der Waals surface area (Å²) in [6.07, 6.45) is 2.58. The minimum absolute atomic E-state index is 0.0957. The number of nitrogens with zero attached hydrogens (tertiary/aromatic N) is 1. The highest BCUT2D eigenvalue weighted by atomic mass is 32.2. The zero-order valence-corrected chi connectivity index (χ0v) is 13.9. The summed E-state index contributed by atoms with van der Waals surface area (Å²) in [4.78, 5) is 48.3. The number of thioether (sulfide) groups is 1. The van der Waals surface area contributed by atoms with E-state index in [0.717, 1.165) is 22.9 Å². The molecule has 5 amide bonds. The van der Waals surface area contributed by atoms with Gasteiger partial charge in [0.05, 0.1) is 4.91 Å². The Labute approximate surface area is 150 Å². The van der Waals surface area contributed by atoms with E-state index in [2.05, 4.69) is 0 Å². The van der Waals surface area contributed by atoms with Crippen LogP contribution in [-0.2, 0) is 14.4 Å². The smallest absolute Gasteiger partial charge is 0.328 e. The molecule has 3 N–H and O–H groups in total. The summed E-state index contributed by atoms with van der Waals surface area (Å²) in [7, 11) is 0. The van der Waals surface area contributed by atoms with Crippen LogP contribution < -0.4 is 10.6 Å². The monoisotopic (exact) mass is 375 g/mol. The summed E-state index contributed by atoms with van der Waals surface area (Å²) in [6, 6.07) is 5.26. The third-order valence-corrected chi connectivity index (χ3v) is 4.55. The summed E-state index contributed by atoms with van der Waals surface area (Å²) >= 11 is 6.12. The van der Waals surface area contributed by atoms with E-state index in [-0.39, 0.29) is 10.1 Å². The number of nitrogens with one attached hydrogen (secondary N) is 2. The van der Waals surface area contributed by atoms with Crippen LogP contribution in [0.2, 0.25) is 0 Å². The zero-order chi connectivity index (χ0) is 18.1. The Balaban J connectivity index is 1.88. The number of hydrogen-bond donors (Lipinski definition) is 3. The maximum Gasteiger partial charge on any atom is 0.328 e. The van der Waals surface area contributed by atoms with Crippen molar-refractivity contribution in [3.8, 4) is 5.75 Å². The van der Waals surface area contributed by atoms with Gasteiger partial charge in [-0.25, -0.2) is 4.79 Å². The SMILES string of the molecule is O=C1NC(=O)C(=CN2C(=O)/C(=C\c3ccc(O)cc3)SC2=S)C(=O)N1. The highest BCUT2D eigenvalue weighted by Crippen LogP contribution is 2.33. The molecular formula is C15H9N3O5S2. The fraction of sp³-hybridized carbons (Fsp3) is 0. The van der Waals surface area contributed by atoms with Gasteiger partial charge in [-0.2, -0.15) is 0 Å². The number of urea groups is 1. The summed E-state index contributed by atoms with van der Waals surface area (Å²) in [5.41, 5.74) is 0.270. The van der Waals surface area contributed by atoms with Crippen LogP contribution in [0.25, 0.3) is 6.08 Å². The number of phenols is 1. The van der Waals surface area contributed by atoms with E-state index in [1.807, 2.05) is 10.6 Å². The second-order valence-corrected chi connectivity index (χ2v) is 6.60. The molecule has 10 heteroatoms. The molecule has 0 saturated carbocycles. The van der Waals surface area contributed by atoms with Crippen LogP contribution in [0.5, 0.6) is 5.75 Å². The largest absolute Gasteiger partial charge is 0.508 e. The van der Waals surface area contributed by atoms with Gasteiger partial charge in [-0.15, -0.1) is 0 Å². The van der Waals surface area contributed by atoms with E-state index in [9.17, 15) is 24.3 Å². The molecule has 0 atom stereocenters. The Hall–Kier alpha value is -2.98. The number of carbonyl (C=O) groups is 4. The third-order valence-electron chi connectivity index (χ3n) is 3.22.